The molecule has 13 rings (SSSR count). The van der Waals surface area contributed by atoms with Crippen molar-refractivity contribution in [1.29, 1.82) is 10.5 Å². The Labute approximate surface area is 412 Å². The second-order valence-corrected chi connectivity index (χ2v) is 20.0. The molecule has 71 heavy (non-hydrogen) atoms. The third kappa shape index (κ3) is 5.80. The number of para-hydroxylation sites is 7. The van der Waals surface area contributed by atoms with Gasteiger partial charge in [0.1, 0.15) is 23.3 Å². The minimum Gasteiger partial charge on any atom is -0.306 e. The van der Waals surface area contributed by atoms with Gasteiger partial charge in [0.15, 0.2) is 0 Å². The van der Waals surface area contributed by atoms with E-state index in [9.17, 15) is 10.5 Å². The summed E-state index contributed by atoms with van der Waals surface area (Å²) in [6.45, 7) is 16.4. The van der Waals surface area contributed by atoms with E-state index >= 15 is 0 Å². The maximum Gasteiger partial charge on any atom is 0.104 e. The second-order valence-electron chi connectivity index (χ2n) is 20.0. The van der Waals surface area contributed by atoms with Gasteiger partial charge >= 0.3 is 0 Å². The molecule has 6 heteroatoms. The van der Waals surface area contributed by atoms with Crippen molar-refractivity contribution in [3.63, 3.8) is 0 Å². The number of nitrogens with zero attached hydrogens (tertiary/aromatic N) is 6. The van der Waals surface area contributed by atoms with E-state index in [2.05, 4.69) is 235 Å². The Morgan fingerprint density at radius 1 is 0.493 bits per heavy atom. The van der Waals surface area contributed by atoms with E-state index < -0.39 is 0 Å². The summed E-state index contributed by atoms with van der Waals surface area (Å²) in [6, 6.07) is 65.5. The summed E-state index contributed by atoms with van der Waals surface area (Å²) in [5.41, 5.74) is 15.4. The molecule has 0 saturated carbocycles. The van der Waals surface area contributed by atoms with Gasteiger partial charge in [0.25, 0.3) is 0 Å². The van der Waals surface area contributed by atoms with Crippen molar-refractivity contribution >= 4 is 87.5 Å². The van der Waals surface area contributed by atoms with Gasteiger partial charge in [-0.25, -0.2) is 0 Å². The number of benzene rings is 8. The smallest absolute Gasteiger partial charge is 0.104 e. The van der Waals surface area contributed by atoms with Crippen molar-refractivity contribution in [3.05, 3.63) is 204 Å². The lowest BCUT2D eigenvalue weighted by Gasteiger charge is -2.35. The quantitative estimate of drug-likeness (QED) is 0.145. The van der Waals surface area contributed by atoms with Crippen LogP contribution >= 0.6 is 0 Å². The molecule has 1 aliphatic rings. The summed E-state index contributed by atoms with van der Waals surface area (Å²) in [7, 11) is 0. The minimum absolute atomic E-state index is 0.272. The van der Waals surface area contributed by atoms with Crippen molar-refractivity contribution in [2.75, 3.05) is 0 Å². The van der Waals surface area contributed by atoms with Crippen molar-refractivity contribution in [2.45, 2.75) is 47.5 Å². The van der Waals surface area contributed by atoms with E-state index in [0.29, 0.717) is 28.2 Å². The van der Waals surface area contributed by atoms with Gasteiger partial charge in [0.2, 0.25) is 0 Å². The molecule has 4 aromatic heterocycles. The van der Waals surface area contributed by atoms with Crippen molar-refractivity contribution in [2.24, 2.45) is 11.3 Å². The third-order valence-electron chi connectivity index (χ3n) is 16.2. The van der Waals surface area contributed by atoms with E-state index in [1.54, 1.807) is 0 Å². The highest BCUT2D eigenvalue weighted by Crippen LogP contribution is 2.54. The van der Waals surface area contributed by atoms with Crippen molar-refractivity contribution in [3.8, 4) is 34.9 Å². The van der Waals surface area contributed by atoms with Crippen LogP contribution in [0.4, 0.5) is 0 Å². The van der Waals surface area contributed by atoms with E-state index in [1.165, 1.54) is 11.1 Å². The van der Waals surface area contributed by atoms with Gasteiger partial charge in [-0.2, -0.15) is 10.5 Å². The summed E-state index contributed by atoms with van der Waals surface area (Å²) in [4.78, 5) is 0. The number of hydrogen-bond acceptors (Lipinski definition) is 2. The van der Waals surface area contributed by atoms with Gasteiger partial charge in [-0.1, -0.05) is 174 Å². The lowest BCUT2D eigenvalue weighted by atomic mass is 9.71. The molecule has 0 bridgehead atoms. The van der Waals surface area contributed by atoms with Gasteiger partial charge in [0.05, 0.1) is 67.1 Å². The molecule has 8 aromatic carbocycles. The fourth-order valence-corrected chi connectivity index (χ4v) is 12.0. The zero-order valence-corrected chi connectivity index (χ0v) is 40.5. The summed E-state index contributed by atoms with van der Waals surface area (Å²) in [5.74, 6) is 0.272. The maximum absolute atomic E-state index is 12.6. The molecule has 1 unspecified atom stereocenters. The molecule has 6 nitrogen and oxygen atoms in total. The van der Waals surface area contributed by atoms with Crippen LogP contribution in [-0.2, 0) is 0 Å². The Balaban J connectivity index is 1.37. The maximum atomic E-state index is 12.6. The van der Waals surface area contributed by atoms with E-state index in [-0.39, 0.29) is 11.3 Å². The average molecular weight is 915 g/mol. The Morgan fingerprint density at radius 2 is 0.789 bits per heavy atom. The van der Waals surface area contributed by atoms with Gasteiger partial charge in [-0.15, -0.1) is 0 Å². The number of fused-ring (bicyclic) bond motifs is 10. The largest absolute Gasteiger partial charge is 0.306 e. The molecule has 1 atom stereocenters. The first-order valence-corrected chi connectivity index (χ1v) is 24.7. The Kier molecular flexibility index (Phi) is 9.28. The molecule has 0 spiro atoms. The molecule has 0 N–H and O–H groups in total. The molecular weight excluding hydrogens is 865 g/mol. The molecular formula is C65H50N6. The molecule has 1 aliphatic carbocycles. The molecule has 0 aliphatic heterocycles. The van der Waals surface area contributed by atoms with Crippen molar-refractivity contribution < 1.29 is 0 Å². The minimum atomic E-state index is -0.368. The molecule has 340 valence electrons. The molecule has 0 amide bonds. The molecule has 0 saturated heterocycles. The monoisotopic (exact) mass is 914 g/mol. The van der Waals surface area contributed by atoms with Gasteiger partial charge in [-0.05, 0) is 78.3 Å². The molecule has 0 fully saturated rings. The van der Waals surface area contributed by atoms with Crippen LogP contribution in [0.25, 0.3) is 110 Å². The predicted octanol–water partition coefficient (Wildman–Crippen LogP) is 16.9. The third-order valence-corrected chi connectivity index (χ3v) is 16.2. The van der Waals surface area contributed by atoms with E-state index in [0.717, 1.165) is 112 Å². The first kappa shape index (κ1) is 42.3. The van der Waals surface area contributed by atoms with Crippen LogP contribution in [0.15, 0.2) is 182 Å². The molecule has 4 heterocycles. The highest BCUT2D eigenvalue weighted by molar-refractivity contribution is 6.15. The Hall–Kier alpha value is -8.84. The van der Waals surface area contributed by atoms with Gasteiger partial charge in [0, 0.05) is 43.3 Å². The SMILES string of the molecule is C=C(c1c(C2=C(C)C2)c2ccccc2n1-c1c(C#N)c(-n2c3ccccc3c3ccccc32)c(-n2c3ccccc3c3ccccc32)c(-n2c3ccccc3c3ccccc32)c1C#N)C(C)(C)C(C)CC. The van der Waals surface area contributed by atoms with Crippen LogP contribution in [-0.4, -0.2) is 18.3 Å². The number of aromatic nitrogens is 4. The van der Waals surface area contributed by atoms with Crippen molar-refractivity contribution in [1.82, 2.24) is 18.3 Å². The summed E-state index contributed by atoms with van der Waals surface area (Å²) in [5, 5.41) is 32.6. The fourth-order valence-electron chi connectivity index (χ4n) is 12.0. The number of hydrogen-bond donors (Lipinski definition) is 0. The summed E-state index contributed by atoms with van der Waals surface area (Å²) < 4.78 is 9.22. The van der Waals surface area contributed by atoms with E-state index in [4.69, 9.17) is 6.58 Å². The van der Waals surface area contributed by atoms with Crippen LogP contribution in [0.2, 0.25) is 0 Å². The summed E-state index contributed by atoms with van der Waals surface area (Å²) in [6.07, 6.45) is 1.85. The normalized spacial score (nSPS) is 13.3. The topological polar surface area (TPSA) is 67.3 Å². The lowest BCUT2D eigenvalue weighted by molar-refractivity contribution is 0.313. The highest BCUT2D eigenvalue weighted by Gasteiger charge is 2.40. The fraction of sp³-hybridized carbons (Fsp3) is 0.138. The van der Waals surface area contributed by atoms with Crippen LogP contribution in [0.5, 0.6) is 0 Å². The second kappa shape index (κ2) is 15.6. The van der Waals surface area contributed by atoms with Crippen LogP contribution < -0.4 is 0 Å². The van der Waals surface area contributed by atoms with Gasteiger partial charge < -0.3 is 18.3 Å². The molecule has 12 aromatic rings. The lowest BCUT2D eigenvalue weighted by Crippen LogP contribution is -2.25. The zero-order valence-electron chi connectivity index (χ0n) is 40.5. The number of allylic oxidation sites excluding steroid dienone is 3. The van der Waals surface area contributed by atoms with Crippen LogP contribution in [0, 0.1) is 34.0 Å². The summed E-state index contributed by atoms with van der Waals surface area (Å²) >= 11 is 0. The van der Waals surface area contributed by atoms with E-state index in [1.807, 2.05) is 0 Å². The zero-order chi connectivity index (χ0) is 48.4. The van der Waals surface area contributed by atoms with Crippen LogP contribution in [0.3, 0.4) is 0 Å². The highest BCUT2D eigenvalue weighted by atomic mass is 15.1. The first-order chi connectivity index (χ1) is 34.7. The standard InChI is InChI=1S/C65H50N6/c1-7-40(3)65(5,6)41(4)60-59(49-36-39(49)2)48-28-14-21-35-58(48)71(60)61-50(37-66)62(68-52-29-15-8-22-42(52)43-23-9-16-30-53(43)68)64(70-56-33-19-12-26-46(56)47-27-13-20-34-57(47)70)63(51(61)38-67)69-54-31-17-10-24-44(54)45-25-11-18-32-55(45)69/h8-35,40H,4,7,36H2,1-3,5-6H3. The van der Waals surface area contributed by atoms with Gasteiger partial charge in [-0.3, -0.25) is 0 Å². The predicted molar refractivity (Wildman–Crippen MR) is 295 cm³/mol. The number of rotatable bonds is 9. The van der Waals surface area contributed by atoms with Crippen LogP contribution in [0.1, 0.15) is 69.8 Å². The first-order valence-electron chi connectivity index (χ1n) is 24.7. The average Bonchev–Trinajstić information content (AvgIpc) is 3.67. The Bertz CT molecular complexity index is 4090. The Morgan fingerprint density at radius 3 is 1.10 bits per heavy atom. The number of nitriles is 2. The molecule has 0 radical (unpaired) electrons.